The van der Waals surface area contributed by atoms with E-state index in [4.69, 9.17) is 0 Å². The van der Waals surface area contributed by atoms with E-state index < -0.39 is 17.7 Å². The summed E-state index contributed by atoms with van der Waals surface area (Å²) >= 11 is 0. The smallest absolute Gasteiger partial charge is 0.179 e. The number of aliphatic hydroxyl groups is 1. The molecule has 0 bridgehead atoms. The summed E-state index contributed by atoms with van der Waals surface area (Å²) < 4.78 is 26.2. The summed E-state index contributed by atoms with van der Waals surface area (Å²) in [5, 5.41) is 9.20. The van der Waals surface area contributed by atoms with Crippen LogP contribution in [-0.2, 0) is 0 Å². The Bertz CT molecular complexity index is 475. The van der Waals surface area contributed by atoms with Crippen LogP contribution in [0.4, 0.5) is 8.78 Å². The maximum atomic E-state index is 13.3. The Morgan fingerprint density at radius 2 is 1.86 bits per heavy atom. The van der Waals surface area contributed by atoms with Gasteiger partial charge in [-0.3, -0.25) is 9.69 Å². The lowest BCUT2D eigenvalue weighted by atomic mass is 10.0. The van der Waals surface area contributed by atoms with Crippen LogP contribution in [0.25, 0.3) is 0 Å². The number of ketones is 1. The van der Waals surface area contributed by atoms with Gasteiger partial charge in [-0.2, -0.15) is 0 Å². The Labute approximate surface area is 124 Å². The number of benzene rings is 1. The Morgan fingerprint density at radius 1 is 1.24 bits per heavy atom. The third-order valence-corrected chi connectivity index (χ3v) is 3.85. The Morgan fingerprint density at radius 3 is 2.33 bits per heavy atom. The Balaban J connectivity index is 2.98. The van der Waals surface area contributed by atoms with Crippen LogP contribution in [0.1, 0.15) is 44.0 Å². The molecule has 1 atom stereocenters. The maximum Gasteiger partial charge on any atom is 0.179 e. The van der Waals surface area contributed by atoms with Crippen molar-refractivity contribution in [3.63, 3.8) is 0 Å². The van der Waals surface area contributed by atoms with Crippen molar-refractivity contribution in [2.75, 3.05) is 13.2 Å². The van der Waals surface area contributed by atoms with Gasteiger partial charge < -0.3 is 5.11 Å². The summed E-state index contributed by atoms with van der Waals surface area (Å²) in [4.78, 5) is 14.4. The first-order valence-electron chi connectivity index (χ1n) is 7.32. The van der Waals surface area contributed by atoms with Gasteiger partial charge in [-0.15, -0.1) is 0 Å². The van der Waals surface area contributed by atoms with Crippen molar-refractivity contribution in [3.05, 3.63) is 35.4 Å². The van der Waals surface area contributed by atoms with Crippen LogP contribution >= 0.6 is 0 Å². The zero-order valence-corrected chi connectivity index (χ0v) is 12.8. The molecule has 0 saturated heterocycles. The van der Waals surface area contributed by atoms with Gasteiger partial charge in [0, 0.05) is 18.2 Å². The number of hydrogen-bond donors (Lipinski definition) is 1. The number of halogens is 2. The molecule has 0 aromatic heterocycles. The standard InChI is InChI=1S/C16H23F2NO2/c1-4-13(5-2)19(8-9-20)11(3)16(21)12-6-7-14(17)15(18)10-12/h6-7,10-11,13,20H,4-5,8-9H2,1-3H3. The molecule has 0 saturated carbocycles. The quantitative estimate of drug-likeness (QED) is 0.750. The van der Waals surface area contributed by atoms with Crippen LogP contribution < -0.4 is 0 Å². The summed E-state index contributed by atoms with van der Waals surface area (Å²) in [5.74, 6) is -2.26. The van der Waals surface area contributed by atoms with Gasteiger partial charge in [0.2, 0.25) is 0 Å². The molecule has 1 unspecified atom stereocenters. The van der Waals surface area contributed by atoms with Crippen LogP contribution in [0, 0.1) is 11.6 Å². The lowest BCUT2D eigenvalue weighted by Gasteiger charge is -2.34. The van der Waals surface area contributed by atoms with Gasteiger partial charge in [-0.25, -0.2) is 8.78 Å². The molecule has 3 nitrogen and oxygen atoms in total. The fourth-order valence-corrected chi connectivity index (χ4v) is 2.61. The van der Waals surface area contributed by atoms with Gasteiger partial charge >= 0.3 is 0 Å². The highest BCUT2D eigenvalue weighted by Crippen LogP contribution is 2.17. The van der Waals surface area contributed by atoms with Crippen LogP contribution in [-0.4, -0.2) is 41.0 Å². The number of Topliss-reactive ketones (excluding diaryl/α,β-unsaturated/α-hetero) is 1. The van der Waals surface area contributed by atoms with Crippen molar-refractivity contribution in [1.82, 2.24) is 4.90 Å². The molecule has 0 aliphatic carbocycles. The van der Waals surface area contributed by atoms with E-state index in [0.29, 0.717) is 6.54 Å². The fraction of sp³-hybridized carbons (Fsp3) is 0.562. The minimum absolute atomic E-state index is 0.0497. The van der Waals surface area contributed by atoms with Crippen molar-refractivity contribution in [2.24, 2.45) is 0 Å². The lowest BCUT2D eigenvalue weighted by Crippen LogP contribution is -2.46. The second-order valence-electron chi connectivity index (χ2n) is 5.10. The zero-order valence-electron chi connectivity index (χ0n) is 12.8. The Kier molecular flexibility index (Phi) is 6.92. The van der Waals surface area contributed by atoms with Gasteiger partial charge in [0.05, 0.1) is 12.6 Å². The molecule has 0 amide bonds. The fourth-order valence-electron chi connectivity index (χ4n) is 2.61. The van der Waals surface area contributed by atoms with E-state index in [1.807, 2.05) is 18.7 Å². The highest BCUT2D eigenvalue weighted by atomic mass is 19.2. The van der Waals surface area contributed by atoms with E-state index in [-0.39, 0.29) is 24.0 Å². The van der Waals surface area contributed by atoms with Crippen molar-refractivity contribution in [2.45, 2.75) is 45.7 Å². The monoisotopic (exact) mass is 299 g/mol. The number of carbonyl (C=O) groups is 1. The number of carbonyl (C=O) groups excluding carboxylic acids is 1. The minimum atomic E-state index is -1.02. The van der Waals surface area contributed by atoms with Crippen molar-refractivity contribution in [3.8, 4) is 0 Å². The van der Waals surface area contributed by atoms with Gasteiger partial charge in [-0.1, -0.05) is 13.8 Å². The van der Waals surface area contributed by atoms with Gasteiger partial charge in [0.25, 0.3) is 0 Å². The van der Waals surface area contributed by atoms with E-state index in [0.717, 1.165) is 25.0 Å². The van der Waals surface area contributed by atoms with Crippen LogP contribution in [0.3, 0.4) is 0 Å². The maximum absolute atomic E-state index is 13.3. The molecule has 1 aromatic carbocycles. The van der Waals surface area contributed by atoms with Crippen LogP contribution in [0.5, 0.6) is 0 Å². The topological polar surface area (TPSA) is 40.5 Å². The summed E-state index contributed by atoms with van der Waals surface area (Å²) in [6.45, 7) is 6.10. The SMILES string of the molecule is CCC(CC)N(CCO)C(C)C(=O)c1ccc(F)c(F)c1. The van der Waals surface area contributed by atoms with E-state index in [1.54, 1.807) is 6.92 Å². The van der Waals surface area contributed by atoms with E-state index in [9.17, 15) is 18.7 Å². The predicted molar refractivity (Wildman–Crippen MR) is 78.3 cm³/mol. The van der Waals surface area contributed by atoms with Crippen molar-refractivity contribution in [1.29, 1.82) is 0 Å². The number of hydrogen-bond acceptors (Lipinski definition) is 3. The second kappa shape index (κ2) is 8.20. The molecule has 0 heterocycles. The first kappa shape index (κ1) is 17.7. The molecule has 1 aromatic rings. The summed E-state index contributed by atoms with van der Waals surface area (Å²) in [6, 6.07) is 2.86. The average Bonchev–Trinajstić information content (AvgIpc) is 2.49. The normalized spacial score (nSPS) is 13.0. The molecule has 1 rings (SSSR count). The average molecular weight is 299 g/mol. The van der Waals surface area contributed by atoms with Crippen LogP contribution in [0.2, 0.25) is 0 Å². The largest absolute Gasteiger partial charge is 0.395 e. The molecule has 0 aliphatic heterocycles. The molecule has 0 fully saturated rings. The number of rotatable bonds is 8. The molecule has 1 N–H and O–H groups in total. The third kappa shape index (κ3) is 4.32. The predicted octanol–water partition coefficient (Wildman–Crippen LogP) is 3.02. The summed E-state index contributed by atoms with van der Waals surface area (Å²) in [7, 11) is 0. The van der Waals surface area contributed by atoms with E-state index in [2.05, 4.69) is 0 Å². The molecule has 0 radical (unpaired) electrons. The zero-order chi connectivity index (χ0) is 16.0. The first-order valence-corrected chi connectivity index (χ1v) is 7.32. The third-order valence-electron chi connectivity index (χ3n) is 3.85. The summed E-state index contributed by atoms with van der Waals surface area (Å²) in [5.41, 5.74) is 0.148. The minimum Gasteiger partial charge on any atom is -0.395 e. The van der Waals surface area contributed by atoms with E-state index >= 15 is 0 Å². The Hall–Kier alpha value is -1.33. The molecule has 0 spiro atoms. The lowest BCUT2D eigenvalue weighted by molar-refractivity contribution is 0.0685. The van der Waals surface area contributed by atoms with E-state index in [1.165, 1.54) is 6.07 Å². The molecule has 5 heteroatoms. The number of aliphatic hydroxyl groups excluding tert-OH is 1. The van der Waals surface area contributed by atoms with Crippen molar-refractivity contribution < 1.29 is 18.7 Å². The summed E-state index contributed by atoms with van der Waals surface area (Å²) in [6.07, 6.45) is 1.71. The molecular weight excluding hydrogens is 276 g/mol. The molecule has 21 heavy (non-hydrogen) atoms. The highest BCUT2D eigenvalue weighted by Gasteiger charge is 2.27. The van der Waals surface area contributed by atoms with Gasteiger partial charge in [-0.05, 0) is 38.0 Å². The van der Waals surface area contributed by atoms with Gasteiger partial charge in [0.1, 0.15) is 0 Å². The van der Waals surface area contributed by atoms with Gasteiger partial charge in [0.15, 0.2) is 17.4 Å². The van der Waals surface area contributed by atoms with Crippen molar-refractivity contribution >= 4 is 5.78 Å². The molecule has 0 aliphatic rings. The number of nitrogens with zero attached hydrogens (tertiary/aromatic N) is 1. The first-order chi connectivity index (χ1) is 9.96. The highest BCUT2D eigenvalue weighted by molar-refractivity contribution is 5.99. The molecule has 118 valence electrons. The molecular formula is C16H23F2NO2. The second-order valence-corrected chi connectivity index (χ2v) is 5.10. The van der Waals surface area contributed by atoms with Crippen LogP contribution in [0.15, 0.2) is 18.2 Å².